The smallest absolute Gasteiger partial charge is 0.242 e. The van der Waals surface area contributed by atoms with E-state index in [0.29, 0.717) is 50.1 Å². The maximum atomic E-state index is 12.6. The van der Waals surface area contributed by atoms with Crippen LogP contribution in [-0.4, -0.2) is 79.3 Å². The fourth-order valence-electron chi connectivity index (χ4n) is 2.77. The first kappa shape index (κ1) is 21.0. The van der Waals surface area contributed by atoms with E-state index in [-0.39, 0.29) is 18.4 Å². The van der Waals surface area contributed by atoms with Crippen LogP contribution in [0.2, 0.25) is 5.02 Å². The quantitative estimate of drug-likeness (QED) is 0.586. The first-order valence-electron chi connectivity index (χ1n) is 9.16. The third-order valence-electron chi connectivity index (χ3n) is 4.33. The largest absolute Gasteiger partial charge is 0.357 e. The maximum Gasteiger partial charge on any atom is 0.242 e. The van der Waals surface area contributed by atoms with Gasteiger partial charge in [-0.3, -0.25) is 14.6 Å². The third kappa shape index (κ3) is 6.43. The Kier molecular flexibility index (Phi) is 7.91. The normalized spacial score (nSPS) is 15.1. The van der Waals surface area contributed by atoms with Crippen molar-refractivity contribution >= 4 is 29.4 Å². The molecular formula is C19H28ClN5O2. The van der Waals surface area contributed by atoms with Crippen LogP contribution < -0.4 is 5.32 Å². The summed E-state index contributed by atoms with van der Waals surface area (Å²) in [4.78, 5) is 34.1. The van der Waals surface area contributed by atoms with E-state index >= 15 is 0 Å². The second kappa shape index (κ2) is 10.2. The van der Waals surface area contributed by atoms with Gasteiger partial charge >= 0.3 is 0 Å². The Hall–Kier alpha value is -2.28. The number of hydrogen-bond donors (Lipinski definition) is 1. The molecule has 1 aliphatic heterocycles. The molecule has 0 unspecified atom stereocenters. The van der Waals surface area contributed by atoms with E-state index in [0.717, 1.165) is 5.56 Å². The molecule has 0 spiro atoms. The van der Waals surface area contributed by atoms with Gasteiger partial charge in [-0.15, -0.1) is 0 Å². The maximum absolute atomic E-state index is 12.6. The van der Waals surface area contributed by atoms with Crippen LogP contribution in [0, 0.1) is 0 Å². The molecule has 8 heteroatoms. The van der Waals surface area contributed by atoms with Crippen LogP contribution in [0.5, 0.6) is 0 Å². The van der Waals surface area contributed by atoms with E-state index in [1.807, 2.05) is 41.0 Å². The monoisotopic (exact) mass is 393 g/mol. The molecule has 0 aromatic heterocycles. The molecule has 1 saturated heterocycles. The lowest BCUT2D eigenvalue weighted by Crippen LogP contribution is -2.55. The zero-order valence-corrected chi connectivity index (χ0v) is 17.0. The molecule has 1 N–H and O–H groups in total. The fraction of sp³-hybridized carbons (Fsp3) is 0.526. The van der Waals surface area contributed by atoms with Gasteiger partial charge in [0.2, 0.25) is 11.8 Å². The van der Waals surface area contributed by atoms with Gasteiger partial charge in [0.1, 0.15) is 0 Å². The molecule has 1 aromatic carbocycles. The molecule has 0 aliphatic carbocycles. The summed E-state index contributed by atoms with van der Waals surface area (Å²) >= 11 is 5.91. The molecule has 7 nitrogen and oxygen atoms in total. The van der Waals surface area contributed by atoms with Crippen molar-refractivity contribution in [2.75, 3.05) is 46.8 Å². The van der Waals surface area contributed by atoms with Gasteiger partial charge in [-0.05, 0) is 24.6 Å². The molecule has 2 rings (SSSR count). The van der Waals surface area contributed by atoms with Crippen LogP contribution in [0.15, 0.2) is 29.3 Å². The van der Waals surface area contributed by atoms with Crippen molar-refractivity contribution in [1.82, 2.24) is 20.0 Å². The number of carbonyl (C=O) groups excluding carboxylic acids is 2. The molecule has 0 bridgehead atoms. The predicted molar refractivity (Wildman–Crippen MR) is 108 cm³/mol. The molecule has 2 amide bonds. The van der Waals surface area contributed by atoms with E-state index in [9.17, 15) is 9.59 Å². The number of aliphatic imine (C=N–C) groups is 1. The molecule has 1 heterocycles. The highest BCUT2D eigenvalue weighted by Crippen LogP contribution is 2.13. The number of benzene rings is 1. The Labute approximate surface area is 166 Å². The Balaban J connectivity index is 1.93. The number of amides is 2. The topological polar surface area (TPSA) is 68.2 Å². The Bertz CT molecular complexity index is 675. The Morgan fingerprint density at radius 1 is 1.26 bits per heavy atom. The standard InChI is InChI=1S/C19H28ClN5O2/c1-4-21-19(22-10-9-17(26)23(2)3)25-12-11-24(18(27)14-25)13-15-5-7-16(20)8-6-15/h5-8H,4,9-14H2,1-3H3,(H,21,22). The first-order chi connectivity index (χ1) is 12.9. The van der Waals surface area contributed by atoms with Crippen LogP contribution in [-0.2, 0) is 16.1 Å². The Morgan fingerprint density at radius 2 is 1.96 bits per heavy atom. The van der Waals surface area contributed by atoms with Crippen molar-refractivity contribution in [3.8, 4) is 0 Å². The van der Waals surface area contributed by atoms with Crippen molar-refractivity contribution in [3.05, 3.63) is 34.9 Å². The van der Waals surface area contributed by atoms with Gasteiger partial charge < -0.3 is 20.0 Å². The predicted octanol–water partition coefficient (Wildman–Crippen LogP) is 1.43. The fourth-order valence-corrected chi connectivity index (χ4v) is 2.90. The van der Waals surface area contributed by atoms with E-state index in [1.165, 1.54) is 0 Å². The third-order valence-corrected chi connectivity index (χ3v) is 4.58. The van der Waals surface area contributed by atoms with Gasteiger partial charge in [-0.2, -0.15) is 0 Å². The first-order valence-corrected chi connectivity index (χ1v) is 9.54. The van der Waals surface area contributed by atoms with Gasteiger partial charge in [0, 0.05) is 51.7 Å². The number of rotatable bonds is 6. The molecule has 1 fully saturated rings. The average Bonchev–Trinajstić information content (AvgIpc) is 2.64. The average molecular weight is 394 g/mol. The summed E-state index contributed by atoms with van der Waals surface area (Å²) in [5.41, 5.74) is 1.06. The number of nitrogens with one attached hydrogen (secondary N) is 1. The van der Waals surface area contributed by atoms with E-state index in [1.54, 1.807) is 19.0 Å². The SMILES string of the molecule is CCNC(=NCCC(=O)N(C)C)N1CCN(Cc2ccc(Cl)cc2)C(=O)C1. The second-order valence-electron chi connectivity index (χ2n) is 6.64. The number of hydrogen-bond acceptors (Lipinski definition) is 3. The summed E-state index contributed by atoms with van der Waals surface area (Å²) in [7, 11) is 3.46. The second-order valence-corrected chi connectivity index (χ2v) is 7.07. The van der Waals surface area contributed by atoms with Crippen LogP contribution in [0.25, 0.3) is 0 Å². The lowest BCUT2D eigenvalue weighted by molar-refractivity contribution is -0.135. The van der Waals surface area contributed by atoms with Crippen LogP contribution in [0.3, 0.4) is 0 Å². The van der Waals surface area contributed by atoms with Crippen molar-refractivity contribution in [3.63, 3.8) is 0 Å². The summed E-state index contributed by atoms with van der Waals surface area (Å²) < 4.78 is 0. The van der Waals surface area contributed by atoms with Crippen molar-refractivity contribution in [1.29, 1.82) is 0 Å². The Morgan fingerprint density at radius 3 is 2.56 bits per heavy atom. The zero-order chi connectivity index (χ0) is 19.8. The van der Waals surface area contributed by atoms with Crippen LogP contribution in [0.1, 0.15) is 18.9 Å². The zero-order valence-electron chi connectivity index (χ0n) is 16.2. The van der Waals surface area contributed by atoms with Gasteiger partial charge in [-0.1, -0.05) is 23.7 Å². The van der Waals surface area contributed by atoms with Gasteiger partial charge in [0.25, 0.3) is 0 Å². The summed E-state index contributed by atoms with van der Waals surface area (Å²) in [5, 5.41) is 3.90. The van der Waals surface area contributed by atoms with Crippen molar-refractivity contribution in [2.24, 2.45) is 4.99 Å². The number of piperazine rings is 1. The number of guanidine groups is 1. The molecule has 0 atom stereocenters. The van der Waals surface area contributed by atoms with Crippen molar-refractivity contribution in [2.45, 2.75) is 19.9 Å². The minimum absolute atomic E-state index is 0.0402. The van der Waals surface area contributed by atoms with Gasteiger partial charge in [0.15, 0.2) is 5.96 Å². The molecule has 27 heavy (non-hydrogen) atoms. The highest BCUT2D eigenvalue weighted by Gasteiger charge is 2.26. The van der Waals surface area contributed by atoms with Gasteiger partial charge in [0.05, 0.1) is 13.1 Å². The molecular weight excluding hydrogens is 366 g/mol. The number of nitrogens with zero attached hydrogens (tertiary/aromatic N) is 4. The summed E-state index contributed by atoms with van der Waals surface area (Å²) in [6.07, 6.45) is 0.354. The lowest BCUT2D eigenvalue weighted by atomic mass is 10.2. The highest BCUT2D eigenvalue weighted by molar-refractivity contribution is 6.30. The summed E-state index contributed by atoms with van der Waals surface area (Å²) in [5.74, 6) is 0.785. The molecule has 0 radical (unpaired) electrons. The van der Waals surface area contributed by atoms with Crippen molar-refractivity contribution < 1.29 is 9.59 Å². The number of halogens is 1. The van der Waals surface area contributed by atoms with E-state index in [2.05, 4.69) is 10.3 Å². The minimum Gasteiger partial charge on any atom is -0.357 e. The summed E-state index contributed by atoms with van der Waals surface area (Å²) in [6, 6.07) is 7.55. The molecule has 0 saturated carbocycles. The van der Waals surface area contributed by atoms with E-state index < -0.39 is 0 Å². The summed E-state index contributed by atoms with van der Waals surface area (Å²) in [6.45, 7) is 5.28. The number of carbonyl (C=O) groups is 2. The van der Waals surface area contributed by atoms with E-state index in [4.69, 9.17) is 11.6 Å². The van der Waals surface area contributed by atoms with Crippen LogP contribution >= 0.6 is 11.6 Å². The van der Waals surface area contributed by atoms with Crippen LogP contribution in [0.4, 0.5) is 0 Å². The minimum atomic E-state index is 0.0402. The molecule has 148 valence electrons. The lowest BCUT2D eigenvalue weighted by Gasteiger charge is -2.36. The highest BCUT2D eigenvalue weighted by atomic mass is 35.5. The molecule has 1 aromatic rings. The molecule has 1 aliphatic rings. The van der Waals surface area contributed by atoms with Gasteiger partial charge in [-0.25, -0.2) is 0 Å².